The Labute approximate surface area is 115 Å². The SMILES string of the molecule is CC(C)C1CCc2nnn(C(C)C)c2C(C)(F)CC1. The number of hydrogen-bond donors (Lipinski definition) is 0. The summed E-state index contributed by atoms with van der Waals surface area (Å²) < 4.78 is 16.9. The van der Waals surface area contributed by atoms with Crippen LogP contribution in [0.25, 0.3) is 0 Å². The quantitative estimate of drug-likeness (QED) is 0.809. The first-order valence-electron chi connectivity index (χ1n) is 7.46. The standard InChI is InChI=1S/C15H26FN3/c1-10(2)12-6-7-13-14(15(5,16)9-8-12)19(11(3)4)18-17-13/h10-12H,6-9H2,1-5H3. The minimum atomic E-state index is -1.31. The monoisotopic (exact) mass is 267 g/mol. The summed E-state index contributed by atoms with van der Waals surface area (Å²) in [4.78, 5) is 0. The maximum atomic E-state index is 15.1. The predicted molar refractivity (Wildman–Crippen MR) is 74.8 cm³/mol. The van der Waals surface area contributed by atoms with Crippen LogP contribution in [0.3, 0.4) is 0 Å². The maximum absolute atomic E-state index is 15.1. The summed E-state index contributed by atoms with van der Waals surface area (Å²) in [6.45, 7) is 10.2. The second kappa shape index (κ2) is 5.22. The first kappa shape index (κ1) is 14.5. The van der Waals surface area contributed by atoms with Crippen molar-refractivity contribution in [2.24, 2.45) is 11.8 Å². The van der Waals surface area contributed by atoms with Gasteiger partial charge in [-0.3, -0.25) is 0 Å². The van der Waals surface area contributed by atoms with Crippen LogP contribution in [-0.2, 0) is 12.1 Å². The van der Waals surface area contributed by atoms with Crippen molar-refractivity contribution in [2.45, 2.75) is 72.0 Å². The summed E-state index contributed by atoms with van der Waals surface area (Å²) in [6.07, 6.45) is 3.47. The smallest absolute Gasteiger partial charge is 0.151 e. The fourth-order valence-electron chi connectivity index (χ4n) is 3.10. The van der Waals surface area contributed by atoms with Crippen molar-refractivity contribution in [1.29, 1.82) is 0 Å². The molecule has 0 spiro atoms. The minimum absolute atomic E-state index is 0.159. The van der Waals surface area contributed by atoms with Crippen LogP contribution in [0, 0.1) is 11.8 Å². The second-order valence-electron chi connectivity index (χ2n) is 6.70. The molecule has 2 unspecified atom stereocenters. The summed E-state index contributed by atoms with van der Waals surface area (Å²) in [5, 5.41) is 8.41. The van der Waals surface area contributed by atoms with E-state index in [0.717, 1.165) is 25.0 Å². The third-order valence-electron chi connectivity index (χ3n) is 4.43. The van der Waals surface area contributed by atoms with Crippen molar-refractivity contribution in [3.05, 3.63) is 11.4 Å². The van der Waals surface area contributed by atoms with Gasteiger partial charge in [-0.05, 0) is 58.3 Å². The van der Waals surface area contributed by atoms with Crippen LogP contribution < -0.4 is 0 Å². The first-order chi connectivity index (χ1) is 8.83. The van der Waals surface area contributed by atoms with Crippen molar-refractivity contribution < 1.29 is 4.39 Å². The Morgan fingerprint density at radius 2 is 1.95 bits per heavy atom. The molecular formula is C15H26FN3. The summed E-state index contributed by atoms with van der Waals surface area (Å²) in [5.41, 5.74) is 0.269. The number of aromatic nitrogens is 3. The van der Waals surface area contributed by atoms with Crippen molar-refractivity contribution in [1.82, 2.24) is 15.0 Å². The molecule has 3 nitrogen and oxygen atoms in total. The van der Waals surface area contributed by atoms with Gasteiger partial charge in [0.1, 0.15) is 0 Å². The van der Waals surface area contributed by atoms with E-state index in [1.807, 2.05) is 13.8 Å². The molecule has 0 N–H and O–H groups in total. The molecule has 1 aliphatic carbocycles. The van der Waals surface area contributed by atoms with Gasteiger partial charge in [-0.15, -0.1) is 5.10 Å². The minimum Gasteiger partial charge on any atom is -0.243 e. The lowest BCUT2D eigenvalue weighted by atomic mass is 9.80. The highest BCUT2D eigenvalue weighted by Gasteiger charge is 2.37. The lowest BCUT2D eigenvalue weighted by Crippen LogP contribution is -2.27. The number of nitrogens with zero attached hydrogens (tertiary/aromatic N) is 3. The average molecular weight is 267 g/mol. The van der Waals surface area contributed by atoms with E-state index >= 15 is 4.39 Å². The zero-order chi connectivity index (χ0) is 14.2. The fourth-order valence-corrected chi connectivity index (χ4v) is 3.10. The van der Waals surface area contributed by atoms with Gasteiger partial charge in [-0.2, -0.15) is 0 Å². The molecule has 2 rings (SSSR count). The van der Waals surface area contributed by atoms with Crippen molar-refractivity contribution in [2.75, 3.05) is 0 Å². The van der Waals surface area contributed by atoms with Gasteiger partial charge >= 0.3 is 0 Å². The molecule has 0 amide bonds. The lowest BCUT2D eigenvalue weighted by molar-refractivity contribution is 0.131. The van der Waals surface area contributed by atoms with E-state index in [-0.39, 0.29) is 6.04 Å². The highest BCUT2D eigenvalue weighted by molar-refractivity contribution is 5.20. The predicted octanol–water partition coefficient (Wildman–Crippen LogP) is 4.04. The number of rotatable bonds is 2. The summed E-state index contributed by atoms with van der Waals surface area (Å²) in [6, 6.07) is 0.159. The third kappa shape index (κ3) is 2.82. The topological polar surface area (TPSA) is 30.7 Å². The van der Waals surface area contributed by atoms with E-state index in [2.05, 4.69) is 24.2 Å². The van der Waals surface area contributed by atoms with Gasteiger partial charge in [0.05, 0.1) is 11.4 Å². The maximum Gasteiger partial charge on any atom is 0.151 e. The normalized spacial score (nSPS) is 28.3. The average Bonchev–Trinajstić information content (AvgIpc) is 2.70. The van der Waals surface area contributed by atoms with Crippen LogP contribution in [0.1, 0.15) is 71.3 Å². The summed E-state index contributed by atoms with van der Waals surface area (Å²) in [7, 11) is 0. The molecule has 0 saturated heterocycles. The van der Waals surface area contributed by atoms with Crippen molar-refractivity contribution in [3.63, 3.8) is 0 Å². The van der Waals surface area contributed by atoms with Crippen LogP contribution in [0.2, 0.25) is 0 Å². The molecule has 0 aromatic carbocycles. The van der Waals surface area contributed by atoms with Gasteiger partial charge in [-0.1, -0.05) is 19.1 Å². The van der Waals surface area contributed by atoms with E-state index < -0.39 is 5.67 Å². The van der Waals surface area contributed by atoms with Crippen molar-refractivity contribution in [3.8, 4) is 0 Å². The molecule has 0 bridgehead atoms. The van der Waals surface area contributed by atoms with E-state index in [4.69, 9.17) is 0 Å². The second-order valence-corrected chi connectivity index (χ2v) is 6.70. The Kier molecular flexibility index (Phi) is 3.98. The Hall–Kier alpha value is -0.930. The first-order valence-corrected chi connectivity index (χ1v) is 7.46. The van der Waals surface area contributed by atoms with Gasteiger partial charge in [0.15, 0.2) is 5.67 Å². The van der Waals surface area contributed by atoms with Gasteiger partial charge in [0.25, 0.3) is 0 Å². The van der Waals surface area contributed by atoms with Crippen LogP contribution in [0.5, 0.6) is 0 Å². The number of halogens is 1. The molecule has 1 aliphatic rings. The van der Waals surface area contributed by atoms with Crippen LogP contribution in [0.15, 0.2) is 0 Å². The third-order valence-corrected chi connectivity index (χ3v) is 4.43. The van der Waals surface area contributed by atoms with E-state index in [1.165, 1.54) is 0 Å². The molecule has 1 aromatic rings. The molecule has 0 fully saturated rings. The lowest BCUT2D eigenvalue weighted by Gasteiger charge is -2.30. The molecule has 1 aromatic heterocycles. The molecular weight excluding hydrogens is 241 g/mol. The number of aryl methyl sites for hydroxylation is 1. The molecule has 0 aliphatic heterocycles. The molecule has 0 saturated carbocycles. The summed E-state index contributed by atoms with van der Waals surface area (Å²) >= 11 is 0. The Morgan fingerprint density at radius 3 is 2.53 bits per heavy atom. The van der Waals surface area contributed by atoms with Crippen LogP contribution >= 0.6 is 0 Å². The largest absolute Gasteiger partial charge is 0.243 e. The van der Waals surface area contributed by atoms with Gasteiger partial charge < -0.3 is 0 Å². The van der Waals surface area contributed by atoms with Gasteiger partial charge in [0.2, 0.25) is 0 Å². The van der Waals surface area contributed by atoms with Crippen LogP contribution in [0.4, 0.5) is 4.39 Å². The van der Waals surface area contributed by atoms with Crippen LogP contribution in [-0.4, -0.2) is 15.0 Å². The zero-order valence-corrected chi connectivity index (χ0v) is 12.8. The fraction of sp³-hybridized carbons (Fsp3) is 0.867. The molecule has 0 radical (unpaired) electrons. The number of alkyl halides is 1. The highest BCUT2D eigenvalue weighted by atomic mass is 19.1. The molecule has 1 heterocycles. The molecule has 108 valence electrons. The van der Waals surface area contributed by atoms with Crippen molar-refractivity contribution >= 4 is 0 Å². The van der Waals surface area contributed by atoms with Gasteiger partial charge in [-0.25, -0.2) is 9.07 Å². The zero-order valence-electron chi connectivity index (χ0n) is 12.8. The van der Waals surface area contributed by atoms with E-state index in [9.17, 15) is 0 Å². The molecule has 19 heavy (non-hydrogen) atoms. The Balaban J connectivity index is 2.37. The Morgan fingerprint density at radius 1 is 1.26 bits per heavy atom. The number of hydrogen-bond acceptors (Lipinski definition) is 2. The Bertz CT molecular complexity index is 435. The van der Waals surface area contributed by atoms with Gasteiger partial charge in [0, 0.05) is 6.04 Å². The number of fused-ring (bicyclic) bond motifs is 1. The van der Waals surface area contributed by atoms with E-state index in [0.29, 0.717) is 24.0 Å². The molecule has 4 heteroatoms. The summed E-state index contributed by atoms with van der Waals surface area (Å²) in [5.74, 6) is 1.20. The van der Waals surface area contributed by atoms with E-state index in [1.54, 1.807) is 11.6 Å². The highest BCUT2D eigenvalue weighted by Crippen LogP contribution is 2.39. The molecule has 2 atom stereocenters.